The molecule has 1 aromatic carbocycles. The van der Waals surface area contributed by atoms with Crippen LogP contribution in [0.4, 0.5) is 5.69 Å². The van der Waals surface area contributed by atoms with E-state index in [4.69, 9.17) is 17.3 Å². The average Bonchev–Trinajstić information content (AvgIpc) is 2.71. The number of nitrogen functional groups attached to an aromatic ring is 1. The predicted octanol–water partition coefficient (Wildman–Crippen LogP) is 2.87. The van der Waals surface area contributed by atoms with E-state index in [-0.39, 0.29) is 0 Å². The maximum absolute atomic E-state index is 6.21. The zero-order valence-electron chi connectivity index (χ0n) is 9.76. The molecule has 0 saturated heterocycles. The van der Waals surface area contributed by atoms with Crippen LogP contribution in [0.15, 0.2) is 36.7 Å². The zero-order valence-corrected chi connectivity index (χ0v) is 10.5. The van der Waals surface area contributed by atoms with Gasteiger partial charge in [-0.2, -0.15) is 0 Å². The number of hydrogen-bond donors (Lipinski definition) is 1. The fourth-order valence-electron chi connectivity index (χ4n) is 1.99. The highest BCUT2D eigenvalue weighted by Gasteiger charge is 2.12. The molecule has 3 aromatic rings. The van der Waals surface area contributed by atoms with E-state index < -0.39 is 0 Å². The number of aryl methyl sites for hydroxylation is 1. The Morgan fingerprint density at radius 2 is 2.11 bits per heavy atom. The maximum atomic E-state index is 6.21. The van der Waals surface area contributed by atoms with E-state index in [9.17, 15) is 0 Å². The van der Waals surface area contributed by atoms with E-state index in [0.717, 1.165) is 22.4 Å². The molecule has 0 aliphatic heterocycles. The molecule has 18 heavy (non-hydrogen) atoms. The van der Waals surface area contributed by atoms with Crippen LogP contribution in [0.25, 0.3) is 22.4 Å². The molecule has 0 aliphatic rings. The van der Waals surface area contributed by atoms with E-state index >= 15 is 0 Å². The lowest BCUT2D eigenvalue weighted by atomic mass is 10.2. The summed E-state index contributed by atoms with van der Waals surface area (Å²) in [5.41, 5.74) is 9.15. The fourth-order valence-corrected chi connectivity index (χ4v) is 2.19. The van der Waals surface area contributed by atoms with Gasteiger partial charge in [0.1, 0.15) is 5.82 Å². The van der Waals surface area contributed by atoms with Crippen LogP contribution in [0.2, 0.25) is 5.02 Å². The van der Waals surface area contributed by atoms with Crippen molar-refractivity contribution in [3.8, 4) is 11.4 Å². The van der Waals surface area contributed by atoms with Gasteiger partial charge in [0.2, 0.25) is 0 Å². The van der Waals surface area contributed by atoms with E-state index in [1.165, 1.54) is 0 Å². The number of anilines is 1. The Balaban J connectivity index is 2.31. The number of pyridine rings is 1. The normalized spacial score (nSPS) is 11.0. The van der Waals surface area contributed by atoms with Gasteiger partial charge in [0.25, 0.3) is 0 Å². The first-order valence-electron chi connectivity index (χ1n) is 5.48. The van der Waals surface area contributed by atoms with Crippen molar-refractivity contribution in [2.45, 2.75) is 0 Å². The number of imidazole rings is 1. The molecular weight excluding hydrogens is 248 g/mol. The summed E-state index contributed by atoms with van der Waals surface area (Å²) in [6.07, 6.45) is 3.51. The molecule has 0 spiro atoms. The van der Waals surface area contributed by atoms with Crippen LogP contribution in [-0.4, -0.2) is 14.5 Å². The molecule has 0 aliphatic carbocycles. The number of nitrogens with zero attached hydrogens (tertiary/aromatic N) is 3. The minimum Gasteiger partial charge on any atom is -0.399 e. The standard InChI is InChI=1S/C13H11ClN4/c1-18-12-7-16-5-4-11(12)17-13(18)9-6-8(15)2-3-10(9)14/h2-7H,15H2,1H3. The van der Waals surface area contributed by atoms with Crippen LogP contribution < -0.4 is 5.73 Å². The molecule has 4 nitrogen and oxygen atoms in total. The number of benzene rings is 1. The van der Waals surface area contributed by atoms with Gasteiger partial charge in [0.05, 0.1) is 22.3 Å². The fraction of sp³-hybridized carbons (Fsp3) is 0.0769. The van der Waals surface area contributed by atoms with Crippen LogP contribution in [-0.2, 0) is 7.05 Å². The van der Waals surface area contributed by atoms with Crippen LogP contribution in [0.3, 0.4) is 0 Å². The summed E-state index contributed by atoms with van der Waals surface area (Å²) >= 11 is 6.21. The molecule has 0 radical (unpaired) electrons. The first kappa shape index (κ1) is 11.0. The van der Waals surface area contributed by atoms with Gasteiger partial charge in [0.15, 0.2) is 0 Å². The van der Waals surface area contributed by atoms with Crippen LogP contribution in [0, 0.1) is 0 Å². The summed E-state index contributed by atoms with van der Waals surface area (Å²) in [4.78, 5) is 8.67. The molecule has 0 amide bonds. The van der Waals surface area contributed by atoms with Gasteiger partial charge in [-0.3, -0.25) is 4.98 Å². The Morgan fingerprint density at radius 3 is 2.89 bits per heavy atom. The number of halogens is 1. The third-order valence-electron chi connectivity index (χ3n) is 2.91. The zero-order chi connectivity index (χ0) is 12.7. The quantitative estimate of drug-likeness (QED) is 0.683. The van der Waals surface area contributed by atoms with Crippen molar-refractivity contribution in [1.29, 1.82) is 0 Å². The second-order valence-corrected chi connectivity index (χ2v) is 4.51. The van der Waals surface area contributed by atoms with Crippen LogP contribution in [0.1, 0.15) is 0 Å². The molecule has 2 heterocycles. The molecule has 3 rings (SSSR count). The highest BCUT2D eigenvalue weighted by atomic mass is 35.5. The predicted molar refractivity (Wildman–Crippen MR) is 73.4 cm³/mol. The minimum atomic E-state index is 0.635. The van der Waals surface area contributed by atoms with Crippen molar-refractivity contribution >= 4 is 28.3 Å². The second kappa shape index (κ2) is 3.99. The summed E-state index contributed by atoms with van der Waals surface area (Å²) < 4.78 is 1.96. The maximum Gasteiger partial charge on any atom is 0.142 e. The molecule has 0 atom stereocenters. The summed E-state index contributed by atoms with van der Waals surface area (Å²) in [6.45, 7) is 0. The summed E-state index contributed by atoms with van der Waals surface area (Å²) in [7, 11) is 1.94. The largest absolute Gasteiger partial charge is 0.399 e. The Bertz CT molecular complexity index is 733. The number of fused-ring (bicyclic) bond motifs is 1. The first-order chi connectivity index (χ1) is 8.66. The summed E-state index contributed by atoms with van der Waals surface area (Å²) in [5, 5.41) is 0.635. The number of aromatic nitrogens is 3. The first-order valence-corrected chi connectivity index (χ1v) is 5.86. The second-order valence-electron chi connectivity index (χ2n) is 4.10. The van der Waals surface area contributed by atoms with E-state index in [1.807, 2.05) is 23.7 Å². The number of hydrogen-bond acceptors (Lipinski definition) is 3. The molecule has 90 valence electrons. The smallest absolute Gasteiger partial charge is 0.142 e. The van der Waals surface area contributed by atoms with Crippen molar-refractivity contribution in [3.05, 3.63) is 41.7 Å². The molecule has 0 fully saturated rings. The monoisotopic (exact) mass is 258 g/mol. The SMILES string of the molecule is Cn1c(-c2cc(N)ccc2Cl)nc2ccncc21. The highest BCUT2D eigenvalue weighted by Crippen LogP contribution is 2.30. The average molecular weight is 259 g/mol. The van der Waals surface area contributed by atoms with E-state index in [2.05, 4.69) is 9.97 Å². The summed E-state index contributed by atoms with van der Waals surface area (Å²) in [6, 6.07) is 7.26. The van der Waals surface area contributed by atoms with Gasteiger partial charge in [-0.25, -0.2) is 4.98 Å². The highest BCUT2D eigenvalue weighted by molar-refractivity contribution is 6.33. The van der Waals surface area contributed by atoms with Crippen molar-refractivity contribution < 1.29 is 0 Å². The van der Waals surface area contributed by atoms with Crippen molar-refractivity contribution in [1.82, 2.24) is 14.5 Å². The third-order valence-corrected chi connectivity index (χ3v) is 3.24. The minimum absolute atomic E-state index is 0.635. The molecular formula is C13H11ClN4. The number of nitrogens with two attached hydrogens (primary N) is 1. The molecule has 2 N–H and O–H groups in total. The topological polar surface area (TPSA) is 56.7 Å². The van der Waals surface area contributed by atoms with Gasteiger partial charge in [-0.15, -0.1) is 0 Å². The molecule has 5 heteroatoms. The van der Waals surface area contributed by atoms with Gasteiger partial charge in [0, 0.05) is 24.5 Å². The Morgan fingerprint density at radius 1 is 1.28 bits per heavy atom. The van der Waals surface area contributed by atoms with Crippen LogP contribution in [0.5, 0.6) is 0 Å². The van der Waals surface area contributed by atoms with Crippen LogP contribution >= 0.6 is 11.6 Å². The molecule has 0 unspecified atom stereocenters. The van der Waals surface area contributed by atoms with Crippen molar-refractivity contribution in [2.24, 2.45) is 7.05 Å². The van der Waals surface area contributed by atoms with Gasteiger partial charge in [-0.05, 0) is 24.3 Å². The Kier molecular flexibility index (Phi) is 2.45. The Labute approximate surface area is 109 Å². The number of rotatable bonds is 1. The van der Waals surface area contributed by atoms with Gasteiger partial charge < -0.3 is 10.3 Å². The Hall–Kier alpha value is -2.07. The molecule has 0 saturated carbocycles. The lowest BCUT2D eigenvalue weighted by Gasteiger charge is -2.05. The van der Waals surface area contributed by atoms with E-state index in [0.29, 0.717) is 10.7 Å². The third kappa shape index (κ3) is 1.62. The lowest BCUT2D eigenvalue weighted by molar-refractivity contribution is 0.956. The van der Waals surface area contributed by atoms with Gasteiger partial charge >= 0.3 is 0 Å². The summed E-state index contributed by atoms with van der Waals surface area (Å²) in [5.74, 6) is 0.787. The van der Waals surface area contributed by atoms with Crippen molar-refractivity contribution in [3.63, 3.8) is 0 Å². The molecule has 0 bridgehead atoms. The van der Waals surface area contributed by atoms with E-state index in [1.54, 1.807) is 24.5 Å². The van der Waals surface area contributed by atoms with Gasteiger partial charge in [-0.1, -0.05) is 11.6 Å². The molecule has 2 aromatic heterocycles. The van der Waals surface area contributed by atoms with Crippen molar-refractivity contribution in [2.75, 3.05) is 5.73 Å². The lowest BCUT2D eigenvalue weighted by Crippen LogP contribution is -1.94.